The summed E-state index contributed by atoms with van der Waals surface area (Å²) in [4.78, 5) is 11.5. The Morgan fingerprint density at radius 3 is 2.95 bits per heavy atom. The minimum absolute atomic E-state index is 0.377. The molecule has 0 atom stereocenters. The van der Waals surface area contributed by atoms with E-state index < -0.39 is 0 Å². The molecule has 0 aliphatic carbocycles. The minimum atomic E-state index is -0.377. The molecule has 0 aliphatic rings. The van der Waals surface area contributed by atoms with Gasteiger partial charge in [0.05, 0.1) is 18.9 Å². The molecule has 0 unspecified atom stereocenters. The summed E-state index contributed by atoms with van der Waals surface area (Å²) in [6.45, 7) is 0. The maximum absolute atomic E-state index is 11.5. The van der Waals surface area contributed by atoms with Gasteiger partial charge in [-0.15, -0.1) is 10.2 Å². The molecule has 0 amide bonds. The van der Waals surface area contributed by atoms with Gasteiger partial charge < -0.3 is 9.15 Å². The van der Waals surface area contributed by atoms with Crippen molar-refractivity contribution in [3.63, 3.8) is 0 Å². The first-order valence-corrected chi connectivity index (χ1v) is 6.22. The standard InChI is InChI=1S/C14H13N3O3/c1-19-14(18)10-4-6-12-15-16-13(17(12)9-10)7-5-11-3-2-8-20-11/h2-4,6,8-9H,5,7H2,1H3. The van der Waals surface area contributed by atoms with Crippen LogP contribution in [0.3, 0.4) is 0 Å². The topological polar surface area (TPSA) is 69.6 Å². The molecular weight excluding hydrogens is 258 g/mol. The Hall–Kier alpha value is -2.63. The van der Waals surface area contributed by atoms with Gasteiger partial charge in [-0.2, -0.15) is 0 Å². The highest BCUT2D eigenvalue weighted by atomic mass is 16.5. The summed E-state index contributed by atoms with van der Waals surface area (Å²) in [7, 11) is 1.36. The van der Waals surface area contributed by atoms with E-state index in [4.69, 9.17) is 9.15 Å². The molecule has 0 N–H and O–H groups in total. The van der Waals surface area contributed by atoms with Crippen molar-refractivity contribution >= 4 is 11.6 Å². The van der Waals surface area contributed by atoms with Crippen LogP contribution in [0.1, 0.15) is 21.9 Å². The van der Waals surface area contributed by atoms with Crippen molar-refractivity contribution in [1.29, 1.82) is 0 Å². The van der Waals surface area contributed by atoms with Crippen molar-refractivity contribution in [2.24, 2.45) is 0 Å². The summed E-state index contributed by atoms with van der Waals surface area (Å²) in [5, 5.41) is 8.22. The Morgan fingerprint density at radius 2 is 2.20 bits per heavy atom. The molecule has 0 aliphatic heterocycles. The predicted molar refractivity (Wildman–Crippen MR) is 70.4 cm³/mol. The number of fused-ring (bicyclic) bond motifs is 1. The van der Waals surface area contributed by atoms with E-state index in [1.54, 1.807) is 29.0 Å². The number of aryl methyl sites for hydroxylation is 2. The first kappa shape index (κ1) is 12.4. The molecule has 102 valence electrons. The highest BCUT2D eigenvalue weighted by Gasteiger charge is 2.11. The van der Waals surface area contributed by atoms with Crippen LogP contribution < -0.4 is 0 Å². The zero-order valence-electron chi connectivity index (χ0n) is 10.9. The van der Waals surface area contributed by atoms with Crippen molar-refractivity contribution < 1.29 is 13.9 Å². The number of furan rings is 1. The lowest BCUT2D eigenvalue weighted by molar-refractivity contribution is 0.0600. The zero-order chi connectivity index (χ0) is 13.9. The van der Waals surface area contributed by atoms with Crippen LogP contribution in [0.2, 0.25) is 0 Å². The van der Waals surface area contributed by atoms with Crippen LogP contribution in [0.25, 0.3) is 5.65 Å². The Bertz CT molecular complexity index is 731. The average molecular weight is 271 g/mol. The number of carbonyl (C=O) groups is 1. The van der Waals surface area contributed by atoms with Gasteiger partial charge in [0.1, 0.15) is 11.6 Å². The number of methoxy groups -OCH3 is 1. The molecule has 0 saturated carbocycles. The van der Waals surface area contributed by atoms with E-state index >= 15 is 0 Å². The molecule has 0 fully saturated rings. The van der Waals surface area contributed by atoms with Crippen LogP contribution in [0, 0.1) is 0 Å². The maximum atomic E-state index is 11.5. The molecular formula is C14H13N3O3. The van der Waals surface area contributed by atoms with Crippen LogP contribution in [0.15, 0.2) is 41.1 Å². The van der Waals surface area contributed by atoms with Gasteiger partial charge in [0.2, 0.25) is 0 Å². The highest BCUT2D eigenvalue weighted by Crippen LogP contribution is 2.11. The average Bonchev–Trinajstić information content (AvgIpc) is 3.13. The summed E-state index contributed by atoms with van der Waals surface area (Å²) in [6.07, 6.45) is 4.75. The molecule has 0 spiro atoms. The molecule has 3 aromatic rings. The van der Waals surface area contributed by atoms with E-state index in [1.165, 1.54) is 7.11 Å². The van der Waals surface area contributed by atoms with Crippen molar-refractivity contribution in [3.05, 3.63) is 53.9 Å². The van der Waals surface area contributed by atoms with Gasteiger partial charge in [-0.05, 0) is 24.3 Å². The van der Waals surface area contributed by atoms with E-state index in [1.807, 2.05) is 12.1 Å². The number of rotatable bonds is 4. The van der Waals surface area contributed by atoms with Crippen LogP contribution in [-0.2, 0) is 17.6 Å². The van der Waals surface area contributed by atoms with E-state index in [9.17, 15) is 4.79 Å². The van der Waals surface area contributed by atoms with Gasteiger partial charge in [-0.25, -0.2) is 4.79 Å². The summed E-state index contributed by atoms with van der Waals surface area (Å²) in [5.41, 5.74) is 1.17. The van der Waals surface area contributed by atoms with Crippen molar-refractivity contribution in [2.75, 3.05) is 7.11 Å². The van der Waals surface area contributed by atoms with E-state index in [-0.39, 0.29) is 5.97 Å². The zero-order valence-corrected chi connectivity index (χ0v) is 10.9. The van der Waals surface area contributed by atoms with Crippen molar-refractivity contribution in [1.82, 2.24) is 14.6 Å². The van der Waals surface area contributed by atoms with Gasteiger partial charge in [0.15, 0.2) is 5.65 Å². The summed E-state index contributed by atoms with van der Waals surface area (Å²) in [5.74, 6) is 1.30. The van der Waals surface area contributed by atoms with Crippen molar-refractivity contribution in [2.45, 2.75) is 12.8 Å². The fraction of sp³-hybridized carbons (Fsp3) is 0.214. The third-order valence-corrected chi connectivity index (χ3v) is 3.07. The Balaban J connectivity index is 1.88. The largest absolute Gasteiger partial charge is 0.469 e. The molecule has 3 rings (SSSR count). The number of aromatic nitrogens is 3. The van der Waals surface area contributed by atoms with Crippen LogP contribution in [0.4, 0.5) is 0 Å². The second-order valence-corrected chi connectivity index (χ2v) is 4.33. The third-order valence-electron chi connectivity index (χ3n) is 3.07. The normalized spacial score (nSPS) is 10.8. The molecule has 20 heavy (non-hydrogen) atoms. The number of pyridine rings is 1. The molecule has 6 heteroatoms. The fourth-order valence-electron chi connectivity index (χ4n) is 2.04. The molecule has 3 aromatic heterocycles. The number of hydrogen-bond acceptors (Lipinski definition) is 5. The van der Waals surface area contributed by atoms with E-state index in [2.05, 4.69) is 10.2 Å². The van der Waals surface area contributed by atoms with Gasteiger partial charge >= 0.3 is 5.97 Å². The second kappa shape index (κ2) is 5.16. The quantitative estimate of drug-likeness (QED) is 0.678. The monoisotopic (exact) mass is 271 g/mol. The lowest BCUT2D eigenvalue weighted by Crippen LogP contribution is -2.04. The first-order valence-electron chi connectivity index (χ1n) is 6.22. The molecule has 6 nitrogen and oxygen atoms in total. The Morgan fingerprint density at radius 1 is 1.30 bits per heavy atom. The molecule has 0 radical (unpaired) electrons. The summed E-state index contributed by atoms with van der Waals surface area (Å²) in [6, 6.07) is 7.19. The Labute approximate surface area is 115 Å². The minimum Gasteiger partial charge on any atom is -0.469 e. The number of hydrogen-bond donors (Lipinski definition) is 0. The summed E-state index contributed by atoms with van der Waals surface area (Å²) >= 11 is 0. The smallest absolute Gasteiger partial charge is 0.339 e. The Kier molecular flexibility index (Phi) is 3.20. The summed E-state index contributed by atoms with van der Waals surface area (Å²) < 4.78 is 11.8. The van der Waals surface area contributed by atoms with Gasteiger partial charge in [0.25, 0.3) is 0 Å². The molecule has 3 heterocycles. The van der Waals surface area contributed by atoms with Gasteiger partial charge in [-0.1, -0.05) is 0 Å². The third kappa shape index (κ3) is 2.27. The fourth-order valence-corrected chi connectivity index (χ4v) is 2.04. The van der Waals surface area contributed by atoms with Gasteiger partial charge in [-0.3, -0.25) is 4.40 Å². The van der Waals surface area contributed by atoms with E-state index in [0.717, 1.165) is 18.0 Å². The van der Waals surface area contributed by atoms with Crippen LogP contribution >= 0.6 is 0 Å². The number of carbonyl (C=O) groups excluding carboxylic acids is 1. The van der Waals surface area contributed by atoms with Crippen LogP contribution in [0.5, 0.6) is 0 Å². The number of esters is 1. The maximum Gasteiger partial charge on any atom is 0.339 e. The number of ether oxygens (including phenoxy) is 1. The lowest BCUT2D eigenvalue weighted by Gasteiger charge is -2.02. The predicted octanol–water partition coefficient (Wildman–Crippen LogP) is 1.89. The molecule has 0 bridgehead atoms. The van der Waals surface area contributed by atoms with Crippen molar-refractivity contribution in [3.8, 4) is 0 Å². The highest BCUT2D eigenvalue weighted by molar-refractivity contribution is 5.89. The first-order chi connectivity index (χ1) is 9.78. The lowest BCUT2D eigenvalue weighted by atomic mass is 10.2. The van der Waals surface area contributed by atoms with E-state index in [0.29, 0.717) is 17.6 Å². The second-order valence-electron chi connectivity index (χ2n) is 4.33. The SMILES string of the molecule is COC(=O)c1ccc2nnc(CCc3ccco3)n2c1. The van der Waals surface area contributed by atoms with Crippen LogP contribution in [-0.4, -0.2) is 27.7 Å². The molecule has 0 aromatic carbocycles. The molecule has 0 saturated heterocycles. The number of nitrogens with zero attached hydrogens (tertiary/aromatic N) is 3. The van der Waals surface area contributed by atoms with Gasteiger partial charge in [0, 0.05) is 19.0 Å².